The minimum absolute atomic E-state index is 0.174. The van der Waals surface area contributed by atoms with Gasteiger partial charge in [0.05, 0.1) is 32.5 Å². The molecule has 0 atom stereocenters. The van der Waals surface area contributed by atoms with Crippen molar-refractivity contribution >= 4 is 11.9 Å². The second-order valence-electron chi connectivity index (χ2n) is 8.06. The lowest BCUT2D eigenvalue weighted by molar-refractivity contribution is 0.0873. The molecule has 0 aromatic heterocycles. The van der Waals surface area contributed by atoms with E-state index >= 15 is 0 Å². The van der Waals surface area contributed by atoms with E-state index in [-0.39, 0.29) is 11.5 Å². The quantitative estimate of drug-likeness (QED) is 0.496. The minimum atomic E-state index is -0.174. The molecule has 2 heterocycles. The number of ketones is 1. The molecule has 0 N–H and O–H groups in total. The first-order valence-electron chi connectivity index (χ1n) is 10.9. The summed E-state index contributed by atoms with van der Waals surface area (Å²) in [5.74, 6) is 2.84. The van der Waals surface area contributed by atoms with Crippen LogP contribution in [0.1, 0.15) is 27.0 Å². The van der Waals surface area contributed by atoms with Gasteiger partial charge in [-0.25, -0.2) is 0 Å². The second-order valence-corrected chi connectivity index (χ2v) is 8.06. The number of ether oxygens (including phenoxy) is 5. The number of allylic oxidation sites excluding steroid dienone is 1. The Morgan fingerprint density at radius 1 is 0.971 bits per heavy atom. The van der Waals surface area contributed by atoms with Gasteiger partial charge in [0.15, 0.2) is 17.3 Å². The summed E-state index contributed by atoms with van der Waals surface area (Å²) in [5.41, 5.74) is 3.30. The van der Waals surface area contributed by atoms with Gasteiger partial charge in [0.25, 0.3) is 0 Å². The van der Waals surface area contributed by atoms with Gasteiger partial charge in [0.1, 0.15) is 18.2 Å². The number of carbonyl (C=O) groups is 1. The van der Waals surface area contributed by atoms with Crippen LogP contribution in [0.3, 0.4) is 0 Å². The van der Waals surface area contributed by atoms with Crippen LogP contribution in [0, 0.1) is 0 Å². The molecule has 3 aromatic carbocycles. The largest absolute Gasteiger partial charge is 0.493 e. The average molecular weight is 459 g/mol. The summed E-state index contributed by atoms with van der Waals surface area (Å²) in [7, 11) is 4.65. The predicted octanol–water partition coefficient (Wildman–Crippen LogP) is 4.68. The van der Waals surface area contributed by atoms with Gasteiger partial charge in [-0.05, 0) is 41.5 Å². The number of hydrogen-bond donors (Lipinski definition) is 0. The Morgan fingerprint density at radius 3 is 2.38 bits per heavy atom. The lowest BCUT2D eigenvalue weighted by Gasteiger charge is -2.29. The summed E-state index contributed by atoms with van der Waals surface area (Å²) in [5, 5.41) is 0. The molecule has 5 rings (SSSR count). The normalized spacial score (nSPS) is 15.9. The van der Waals surface area contributed by atoms with Crippen molar-refractivity contribution in [3.8, 4) is 28.7 Å². The average Bonchev–Trinajstić information content (AvgIpc) is 3.19. The van der Waals surface area contributed by atoms with Gasteiger partial charge in [0.2, 0.25) is 11.5 Å². The summed E-state index contributed by atoms with van der Waals surface area (Å²) in [6.07, 6.45) is 1.69. The van der Waals surface area contributed by atoms with E-state index in [1.807, 2.05) is 24.3 Å². The monoisotopic (exact) mass is 459 g/mol. The smallest absolute Gasteiger partial charge is 0.231 e. The Morgan fingerprint density at radius 2 is 1.71 bits per heavy atom. The number of hydrogen-bond acceptors (Lipinski definition) is 7. The molecule has 2 aliphatic heterocycles. The number of benzene rings is 3. The molecule has 7 heteroatoms. The molecule has 0 saturated carbocycles. The maximum absolute atomic E-state index is 13.2. The summed E-state index contributed by atoms with van der Waals surface area (Å²) >= 11 is 0. The molecule has 0 aliphatic carbocycles. The van der Waals surface area contributed by atoms with Crippen molar-refractivity contribution in [1.29, 1.82) is 0 Å². The zero-order valence-corrected chi connectivity index (χ0v) is 19.3. The predicted molar refractivity (Wildman–Crippen MR) is 127 cm³/mol. The van der Waals surface area contributed by atoms with Crippen LogP contribution in [0.15, 0.2) is 60.4 Å². The summed E-state index contributed by atoms with van der Waals surface area (Å²) in [6, 6.07) is 17.4. The Labute approximate surface area is 198 Å². The van der Waals surface area contributed by atoms with Crippen LogP contribution < -0.4 is 23.7 Å². The van der Waals surface area contributed by atoms with Crippen molar-refractivity contribution in [3.05, 3.63) is 82.6 Å². The zero-order valence-electron chi connectivity index (χ0n) is 19.3. The molecule has 174 valence electrons. The van der Waals surface area contributed by atoms with Crippen LogP contribution in [0.2, 0.25) is 0 Å². The number of carbonyl (C=O) groups excluding carboxylic acids is 1. The van der Waals surface area contributed by atoms with Crippen LogP contribution in [-0.4, -0.2) is 38.7 Å². The topological polar surface area (TPSA) is 66.5 Å². The van der Waals surface area contributed by atoms with E-state index in [9.17, 15) is 4.79 Å². The number of fused-ring (bicyclic) bond motifs is 3. The first kappa shape index (κ1) is 21.9. The Balaban J connectivity index is 1.45. The van der Waals surface area contributed by atoms with Gasteiger partial charge in [0, 0.05) is 13.1 Å². The van der Waals surface area contributed by atoms with Crippen LogP contribution in [0.5, 0.6) is 28.7 Å². The molecule has 2 aliphatic rings. The number of nitrogens with zero attached hydrogens (tertiary/aromatic N) is 1. The molecule has 0 unspecified atom stereocenters. The van der Waals surface area contributed by atoms with E-state index < -0.39 is 0 Å². The van der Waals surface area contributed by atoms with Gasteiger partial charge in [-0.15, -0.1) is 0 Å². The summed E-state index contributed by atoms with van der Waals surface area (Å²) < 4.78 is 28.3. The van der Waals surface area contributed by atoms with Crippen molar-refractivity contribution in [2.24, 2.45) is 0 Å². The van der Waals surface area contributed by atoms with E-state index in [4.69, 9.17) is 23.7 Å². The molecule has 0 radical (unpaired) electrons. The molecule has 7 nitrogen and oxygen atoms in total. The third-order valence-corrected chi connectivity index (χ3v) is 5.92. The SMILES string of the molecule is COc1cc(C=C2Oc3c(ccc4c3CN(Cc3ccccc3)CO4)C2=O)cc(OC)c1OC. The van der Waals surface area contributed by atoms with Crippen molar-refractivity contribution in [2.75, 3.05) is 28.1 Å². The molecular formula is C27H25NO6. The maximum Gasteiger partial charge on any atom is 0.231 e. The van der Waals surface area contributed by atoms with Gasteiger partial charge in [-0.3, -0.25) is 9.69 Å². The van der Waals surface area contributed by atoms with Crippen molar-refractivity contribution in [1.82, 2.24) is 4.90 Å². The van der Waals surface area contributed by atoms with Crippen molar-refractivity contribution < 1.29 is 28.5 Å². The fourth-order valence-corrected chi connectivity index (χ4v) is 4.28. The molecule has 0 spiro atoms. The van der Waals surface area contributed by atoms with E-state index in [1.165, 1.54) is 5.56 Å². The van der Waals surface area contributed by atoms with Crippen LogP contribution in [0.4, 0.5) is 0 Å². The highest BCUT2D eigenvalue weighted by Crippen LogP contribution is 2.43. The summed E-state index contributed by atoms with van der Waals surface area (Å²) in [6.45, 7) is 1.84. The Bertz CT molecular complexity index is 1240. The lowest BCUT2D eigenvalue weighted by atomic mass is 10.0. The molecule has 0 amide bonds. The third kappa shape index (κ3) is 3.95. The molecule has 0 saturated heterocycles. The second kappa shape index (κ2) is 9.11. The molecule has 3 aromatic rings. The number of rotatable bonds is 6. The van der Waals surface area contributed by atoms with Gasteiger partial charge < -0.3 is 23.7 Å². The fraction of sp³-hybridized carbons (Fsp3) is 0.222. The van der Waals surface area contributed by atoms with Crippen molar-refractivity contribution in [2.45, 2.75) is 13.1 Å². The lowest BCUT2D eigenvalue weighted by Crippen LogP contribution is -2.31. The van der Waals surface area contributed by atoms with Gasteiger partial charge in [-0.1, -0.05) is 30.3 Å². The highest BCUT2D eigenvalue weighted by atomic mass is 16.5. The van der Waals surface area contributed by atoms with E-state index in [1.54, 1.807) is 45.6 Å². The molecule has 0 bridgehead atoms. The first-order valence-corrected chi connectivity index (χ1v) is 10.9. The fourth-order valence-electron chi connectivity index (χ4n) is 4.28. The highest BCUT2D eigenvalue weighted by molar-refractivity contribution is 6.15. The maximum atomic E-state index is 13.2. The first-order chi connectivity index (χ1) is 16.6. The number of Topliss-reactive ketones (excluding diaryl/α,β-unsaturated/α-hetero) is 1. The summed E-state index contributed by atoms with van der Waals surface area (Å²) in [4.78, 5) is 15.3. The van der Waals surface area contributed by atoms with Crippen LogP contribution in [-0.2, 0) is 13.1 Å². The zero-order chi connectivity index (χ0) is 23.7. The molecule has 0 fully saturated rings. The van der Waals surface area contributed by atoms with Crippen LogP contribution >= 0.6 is 0 Å². The standard InChI is InChI=1S/C27H25NO6/c1-30-23-12-18(13-24(31-2)27(23)32-3)11-22-25(29)19-9-10-21-20(26(19)34-22)15-28(16-33-21)14-17-7-5-4-6-8-17/h4-13H,14-16H2,1-3H3. The van der Waals surface area contributed by atoms with Crippen LogP contribution in [0.25, 0.3) is 6.08 Å². The van der Waals surface area contributed by atoms with Crippen molar-refractivity contribution in [3.63, 3.8) is 0 Å². The third-order valence-electron chi connectivity index (χ3n) is 5.92. The highest BCUT2D eigenvalue weighted by Gasteiger charge is 2.33. The van der Waals surface area contributed by atoms with Gasteiger partial charge in [-0.2, -0.15) is 0 Å². The van der Waals surface area contributed by atoms with Gasteiger partial charge >= 0.3 is 0 Å². The Hall–Kier alpha value is -3.97. The minimum Gasteiger partial charge on any atom is -0.493 e. The van der Waals surface area contributed by atoms with E-state index in [2.05, 4.69) is 17.0 Å². The van der Waals surface area contributed by atoms with E-state index in [0.29, 0.717) is 47.4 Å². The number of methoxy groups -OCH3 is 3. The Kier molecular flexibility index (Phi) is 5.86. The molecular weight excluding hydrogens is 434 g/mol. The van der Waals surface area contributed by atoms with E-state index in [0.717, 1.165) is 17.9 Å². The molecule has 34 heavy (non-hydrogen) atoms.